The van der Waals surface area contributed by atoms with Crippen LogP contribution in [0.4, 0.5) is 13.2 Å². The third-order valence-corrected chi connectivity index (χ3v) is 2.90. The average molecular weight is 264 g/mol. The summed E-state index contributed by atoms with van der Waals surface area (Å²) in [5.41, 5.74) is 1.06. The van der Waals surface area contributed by atoms with Crippen molar-refractivity contribution in [2.45, 2.75) is 32.6 Å². The number of furan rings is 1. The van der Waals surface area contributed by atoms with E-state index >= 15 is 0 Å². The minimum Gasteiger partial charge on any atom is -0.469 e. The van der Waals surface area contributed by atoms with E-state index in [9.17, 15) is 13.2 Å². The summed E-state index contributed by atoms with van der Waals surface area (Å²) in [5, 5.41) is 2.41. The zero-order chi connectivity index (χ0) is 13.8. The molecule has 1 atom stereocenters. The average Bonchev–Trinajstić information content (AvgIpc) is 2.62. The molecule has 0 saturated heterocycles. The number of likely N-dealkylation sites (N-methyl/N-ethyl adjacent to an activating group) is 1. The minimum absolute atomic E-state index is 0.0154. The van der Waals surface area contributed by atoms with Gasteiger partial charge in [-0.25, -0.2) is 0 Å². The van der Waals surface area contributed by atoms with Crippen molar-refractivity contribution in [2.24, 2.45) is 0 Å². The molecule has 0 aliphatic carbocycles. The highest BCUT2D eigenvalue weighted by Gasteiger charge is 2.26. The number of halogens is 3. The van der Waals surface area contributed by atoms with Crippen LogP contribution < -0.4 is 5.32 Å². The third kappa shape index (κ3) is 5.10. The van der Waals surface area contributed by atoms with Crippen LogP contribution in [-0.4, -0.2) is 37.3 Å². The van der Waals surface area contributed by atoms with Crippen LogP contribution in [0.3, 0.4) is 0 Å². The van der Waals surface area contributed by atoms with Gasteiger partial charge in [0.25, 0.3) is 0 Å². The predicted octanol–water partition coefficient (Wildman–Crippen LogP) is 2.56. The summed E-state index contributed by atoms with van der Waals surface area (Å²) in [4.78, 5) is 1.99. The van der Waals surface area contributed by atoms with Gasteiger partial charge in [0.05, 0.1) is 12.8 Å². The molecule has 3 nitrogen and oxygen atoms in total. The highest BCUT2D eigenvalue weighted by Crippen LogP contribution is 2.14. The molecule has 1 N–H and O–H groups in total. The molecule has 6 heteroatoms. The zero-order valence-electron chi connectivity index (χ0n) is 10.8. The molecular weight excluding hydrogens is 245 g/mol. The lowest BCUT2D eigenvalue weighted by Gasteiger charge is -2.25. The van der Waals surface area contributed by atoms with Crippen LogP contribution in [-0.2, 0) is 6.54 Å². The molecule has 0 saturated carbocycles. The van der Waals surface area contributed by atoms with E-state index in [-0.39, 0.29) is 6.04 Å². The van der Waals surface area contributed by atoms with Gasteiger partial charge in [-0.05, 0) is 27.0 Å². The molecule has 1 rings (SSSR count). The first-order chi connectivity index (χ1) is 8.29. The van der Waals surface area contributed by atoms with Gasteiger partial charge < -0.3 is 9.73 Å². The van der Waals surface area contributed by atoms with E-state index < -0.39 is 12.7 Å². The molecule has 0 bridgehead atoms. The number of nitrogens with one attached hydrogen (secondary N) is 1. The van der Waals surface area contributed by atoms with Gasteiger partial charge in [0.2, 0.25) is 0 Å². The Bertz CT molecular complexity index is 362. The number of hydrogen-bond donors (Lipinski definition) is 1. The molecule has 0 radical (unpaired) electrons. The van der Waals surface area contributed by atoms with Gasteiger partial charge >= 0.3 is 6.18 Å². The van der Waals surface area contributed by atoms with Crippen LogP contribution in [0.25, 0.3) is 0 Å². The topological polar surface area (TPSA) is 28.4 Å². The fraction of sp³-hybridized carbons (Fsp3) is 0.667. The van der Waals surface area contributed by atoms with Crippen molar-refractivity contribution >= 4 is 0 Å². The third-order valence-electron chi connectivity index (χ3n) is 2.90. The van der Waals surface area contributed by atoms with Crippen LogP contribution in [0.5, 0.6) is 0 Å². The summed E-state index contributed by atoms with van der Waals surface area (Å²) in [7, 11) is 1.88. The molecule has 104 valence electrons. The van der Waals surface area contributed by atoms with Gasteiger partial charge in [0, 0.05) is 24.7 Å². The zero-order valence-corrected chi connectivity index (χ0v) is 10.8. The molecule has 0 aliphatic rings. The van der Waals surface area contributed by atoms with E-state index in [1.54, 1.807) is 6.26 Å². The smallest absolute Gasteiger partial charge is 0.401 e. The maximum atomic E-state index is 12.0. The Morgan fingerprint density at radius 3 is 2.61 bits per heavy atom. The molecule has 1 aromatic rings. The molecule has 1 heterocycles. The molecule has 1 aromatic heterocycles. The summed E-state index contributed by atoms with van der Waals surface area (Å²) in [6.07, 6.45) is -2.54. The Kier molecular flexibility index (Phi) is 5.22. The van der Waals surface area contributed by atoms with Gasteiger partial charge in [-0.1, -0.05) is 0 Å². The lowest BCUT2D eigenvalue weighted by Crippen LogP contribution is -2.40. The summed E-state index contributed by atoms with van der Waals surface area (Å²) in [5.74, 6) is 0.845. The van der Waals surface area contributed by atoms with Crippen molar-refractivity contribution in [1.29, 1.82) is 0 Å². The first-order valence-corrected chi connectivity index (χ1v) is 5.80. The van der Waals surface area contributed by atoms with E-state index in [4.69, 9.17) is 4.42 Å². The first-order valence-electron chi connectivity index (χ1n) is 5.80. The van der Waals surface area contributed by atoms with E-state index in [2.05, 4.69) is 5.32 Å². The van der Waals surface area contributed by atoms with E-state index in [1.807, 2.05) is 31.9 Å². The predicted molar refractivity (Wildman–Crippen MR) is 63.3 cm³/mol. The molecule has 0 aliphatic heterocycles. The highest BCUT2D eigenvalue weighted by atomic mass is 19.4. The monoisotopic (exact) mass is 264 g/mol. The van der Waals surface area contributed by atoms with Gasteiger partial charge in [-0.3, -0.25) is 4.90 Å². The van der Waals surface area contributed by atoms with Gasteiger partial charge in [-0.2, -0.15) is 13.2 Å². The summed E-state index contributed by atoms with van der Waals surface area (Å²) < 4.78 is 41.1. The van der Waals surface area contributed by atoms with E-state index in [1.165, 1.54) is 0 Å². The summed E-state index contributed by atoms with van der Waals surface area (Å²) in [6.45, 7) is 3.77. The van der Waals surface area contributed by atoms with Crippen LogP contribution in [0.1, 0.15) is 18.2 Å². The Balaban J connectivity index is 2.33. The van der Waals surface area contributed by atoms with Crippen LogP contribution in [0.2, 0.25) is 0 Å². The van der Waals surface area contributed by atoms with Crippen molar-refractivity contribution in [3.8, 4) is 0 Å². The fourth-order valence-electron chi connectivity index (χ4n) is 1.58. The second kappa shape index (κ2) is 6.24. The fourth-order valence-corrected chi connectivity index (χ4v) is 1.58. The molecular formula is C12H19F3N2O. The maximum absolute atomic E-state index is 12.0. The number of hydrogen-bond acceptors (Lipinski definition) is 3. The minimum atomic E-state index is -4.15. The summed E-state index contributed by atoms with van der Waals surface area (Å²) >= 11 is 0. The number of alkyl halides is 3. The SMILES string of the molecule is Cc1occc1CN(C)C(C)CNCC(F)(F)F. The van der Waals surface area contributed by atoms with Crippen molar-refractivity contribution in [1.82, 2.24) is 10.2 Å². The maximum Gasteiger partial charge on any atom is 0.401 e. The second-order valence-electron chi connectivity index (χ2n) is 4.51. The van der Waals surface area contributed by atoms with Crippen LogP contribution >= 0.6 is 0 Å². The Morgan fingerprint density at radius 1 is 1.44 bits per heavy atom. The first kappa shape index (κ1) is 15.0. The van der Waals surface area contributed by atoms with Crippen molar-refractivity contribution in [3.63, 3.8) is 0 Å². The number of rotatable bonds is 6. The van der Waals surface area contributed by atoms with E-state index in [0.29, 0.717) is 13.1 Å². The molecule has 1 unspecified atom stereocenters. The normalized spacial score (nSPS) is 14.2. The number of nitrogens with zero attached hydrogens (tertiary/aromatic N) is 1. The van der Waals surface area contributed by atoms with Gasteiger partial charge in [0.1, 0.15) is 5.76 Å². The second-order valence-corrected chi connectivity index (χ2v) is 4.51. The highest BCUT2D eigenvalue weighted by molar-refractivity contribution is 5.15. The quantitative estimate of drug-likeness (QED) is 0.856. The van der Waals surface area contributed by atoms with Crippen LogP contribution in [0, 0.1) is 6.92 Å². The van der Waals surface area contributed by atoms with Crippen LogP contribution in [0.15, 0.2) is 16.7 Å². The van der Waals surface area contributed by atoms with E-state index in [0.717, 1.165) is 11.3 Å². The van der Waals surface area contributed by atoms with Crippen molar-refractivity contribution in [2.75, 3.05) is 20.1 Å². The molecule has 0 spiro atoms. The summed E-state index contributed by atoms with van der Waals surface area (Å²) in [6, 6.07) is 1.89. The Labute approximate surface area is 105 Å². The Hall–Kier alpha value is -1.01. The lowest BCUT2D eigenvalue weighted by molar-refractivity contribution is -0.125. The largest absolute Gasteiger partial charge is 0.469 e. The number of aryl methyl sites for hydroxylation is 1. The molecule has 0 fully saturated rings. The lowest BCUT2D eigenvalue weighted by atomic mass is 10.2. The molecule has 0 amide bonds. The molecule has 18 heavy (non-hydrogen) atoms. The Morgan fingerprint density at radius 2 is 2.11 bits per heavy atom. The standard InChI is InChI=1S/C12H19F3N2O/c1-9(6-16-8-12(13,14)15)17(3)7-11-4-5-18-10(11)2/h4-5,9,16H,6-8H2,1-3H3. The van der Waals surface area contributed by atoms with Gasteiger partial charge in [0.15, 0.2) is 0 Å². The van der Waals surface area contributed by atoms with Crippen molar-refractivity contribution < 1.29 is 17.6 Å². The molecule has 0 aromatic carbocycles. The van der Waals surface area contributed by atoms with Gasteiger partial charge in [-0.15, -0.1) is 0 Å². The van der Waals surface area contributed by atoms with Crippen molar-refractivity contribution in [3.05, 3.63) is 23.7 Å².